The van der Waals surface area contributed by atoms with Crippen LogP contribution >= 0.6 is 0 Å². The lowest BCUT2D eigenvalue weighted by molar-refractivity contribution is 0.166. The second kappa shape index (κ2) is 5.12. The molecule has 1 fully saturated rings. The zero-order valence-electron chi connectivity index (χ0n) is 13.1. The molecule has 1 aliphatic heterocycles. The normalized spacial score (nSPS) is 15.0. The van der Waals surface area contributed by atoms with E-state index in [0.29, 0.717) is 11.8 Å². The molecular weight excluding hydrogens is 292 g/mol. The topological polar surface area (TPSA) is 82.1 Å². The Hall–Kier alpha value is -2.83. The van der Waals surface area contributed by atoms with Crippen molar-refractivity contribution in [2.45, 2.75) is 13.0 Å². The molecule has 2 aromatic heterocycles. The molecule has 0 amide bonds. The Labute approximate surface area is 133 Å². The van der Waals surface area contributed by atoms with E-state index in [4.69, 9.17) is 10.5 Å². The number of rotatable bonds is 3. The molecule has 1 aliphatic rings. The number of aryl methyl sites for hydroxylation is 2. The molecule has 1 aromatic carbocycles. The summed E-state index contributed by atoms with van der Waals surface area (Å²) in [5, 5.41) is 4.95. The molecule has 0 bridgehead atoms. The third kappa shape index (κ3) is 2.44. The van der Waals surface area contributed by atoms with E-state index in [1.54, 1.807) is 10.9 Å². The van der Waals surface area contributed by atoms with E-state index < -0.39 is 0 Å². The maximum Gasteiger partial charge on any atom is 0.229 e. The van der Waals surface area contributed by atoms with Crippen LogP contribution in [0.4, 0.5) is 11.8 Å². The number of hydrogen-bond acceptors (Lipinski definition) is 6. The van der Waals surface area contributed by atoms with E-state index in [2.05, 4.69) is 33.0 Å². The Morgan fingerprint density at radius 2 is 2.09 bits per heavy atom. The van der Waals surface area contributed by atoms with Gasteiger partial charge in [-0.15, -0.1) is 0 Å². The van der Waals surface area contributed by atoms with Crippen LogP contribution in [0.3, 0.4) is 0 Å². The molecular formula is C16H18N6O. The fraction of sp³-hybridized carbons (Fsp3) is 0.312. The highest BCUT2D eigenvalue weighted by molar-refractivity contribution is 5.86. The Morgan fingerprint density at radius 1 is 1.26 bits per heavy atom. The van der Waals surface area contributed by atoms with Gasteiger partial charge in [-0.25, -0.2) is 0 Å². The van der Waals surface area contributed by atoms with Crippen LogP contribution in [0.5, 0.6) is 5.75 Å². The lowest BCUT2D eigenvalue weighted by Gasteiger charge is -2.39. The number of fused-ring (bicyclic) bond motifs is 1. The van der Waals surface area contributed by atoms with Gasteiger partial charge in [0.1, 0.15) is 17.7 Å². The van der Waals surface area contributed by atoms with Crippen molar-refractivity contribution in [2.24, 2.45) is 7.05 Å². The number of nitrogen functional groups attached to an aromatic ring is 1. The number of hydrogen-bond donors (Lipinski definition) is 1. The average Bonchev–Trinajstić information content (AvgIpc) is 2.85. The maximum absolute atomic E-state index is 6.00. The van der Waals surface area contributed by atoms with Crippen molar-refractivity contribution in [2.75, 3.05) is 23.7 Å². The fourth-order valence-corrected chi connectivity index (χ4v) is 2.73. The van der Waals surface area contributed by atoms with E-state index in [0.717, 1.165) is 29.9 Å². The van der Waals surface area contributed by atoms with Crippen LogP contribution in [0, 0.1) is 6.92 Å². The average molecular weight is 310 g/mol. The van der Waals surface area contributed by atoms with Crippen molar-refractivity contribution in [1.29, 1.82) is 0 Å². The van der Waals surface area contributed by atoms with Gasteiger partial charge in [0.25, 0.3) is 0 Å². The van der Waals surface area contributed by atoms with Gasteiger partial charge in [-0.05, 0) is 24.6 Å². The molecule has 4 rings (SSSR count). The number of benzene rings is 1. The van der Waals surface area contributed by atoms with Crippen LogP contribution in [0.25, 0.3) is 11.0 Å². The molecule has 0 saturated carbocycles. The Kier molecular flexibility index (Phi) is 3.07. The first kappa shape index (κ1) is 13.8. The summed E-state index contributed by atoms with van der Waals surface area (Å²) in [7, 11) is 1.85. The number of anilines is 2. The highest BCUT2D eigenvalue weighted by atomic mass is 16.5. The van der Waals surface area contributed by atoms with Crippen LogP contribution in [-0.2, 0) is 7.05 Å². The second-order valence-corrected chi connectivity index (χ2v) is 5.88. The van der Waals surface area contributed by atoms with Crippen LogP contribution in [0.2, 0.25) is 0 Å². The molecule has 118 valence electrons. The summed E-state index contributed by atoms with van der Waals surface area (Å²) in [5.41, 5.74) is 7.94. The third-order valence-electron chi connectivity index (χ3n) is 4.03. The molecule has 23 heavy (non-hydrogen) atoms. The molecule has 0 radical (unpaired) electrons. The Balaban J connectivity index is 1.48. The molecule has 7 heteroatoms. The molecule has 2 N–H and O–H groups in total. The number of ether oxygens (including phenoxy) is 1. The van der Waals surface area contributed by atoms with E-state index in [1.807, 2.05) is 25.2 Å². The highest BCUT2D eigenvalue weighted by Gasteiger charge is 2.31. The van der Waals surface area contributed by atoms with E-state index in [-0.39, 0.29) is 6.10 Å². The van der Waals surface area contributed by atoms with E-state index in [9.17, 15) is 0 Å². The summed E-state index contributed by atoms with van der Waals surface area (Å²) in [5.74, 6) is 1.99. The molecule has 3 aromatic rings. The number of nitrogens with zero attached hydrogens (tertiary/aromatic N) is 5. The lowest BCUT2D eigenvalue weighted by Crippen LogP contribution is -2.54. The zero-order valence-corrected chi connectivity index (χ0v) is 13.1. The quantitative estimate of drug-likeness (QED) is 0.790. The molecule has 0 spiro atoms. The zero-order chi connectivity index (χ0) is 16.0. The summed E-state index contributed by atoms with van der Waals surface area (Å²) in [6.07, 6.45) is 1.83. The van der Waals surface area contributed by atoms with Crippen molar-refractivity contribution < 1.29 is 4.74 Å². The minimum Gasteiger partial charge on any atom is -0.487 e. The molecule has 1 saturated heterocycles. The van der Waals surface area contributed by atoms with Crippen LogP contribution in [0.15, 0.2) is 30.5 Å². The summed E-state index contributed by atoms with van der Waals surface area (Å²) >= 11 is 0. The number of aromatic nitrogens is 4. The van der Waals surface area contributed by atoms with Crippen molar-refractivity contribution in [1.82, 2.24) is 19.7 Å². The predicted molar refractivity (Wildman–Crippen MR) is 88.5 cm³/mol. The smallest absolute Gasteiger partial charge is 0.229 e. The standard InChI is InChI=1S/C16H18N6O/c1-10-4-3-5-11(6-10)23-12-8-22(9-12)16-19-14(17)13-7-18-21(2)15(13)20-16/h3-7,12H,8-9H2,1-2H3,(H2,17,19,20). The fourth-order valence-electron chi connectivity index (χ4n) is 2.73. The highest BCUT2D eigenvalue weighted by Crippen LogP contribution is 2.25. The first-order valence-corrected chi connectivity index (χ1v) is 7.53. The van der Waals surface area contributed by atoms with Gasteiger partial charge >= 0.3 is 0 Å². The van der Waals surface area contributed by atoms with Gasteiger partial charge in [0.2, 0.25) is 5.95 Å². The maximum atomic E-state index is 6.00. The van der Waals surface area contributed by atoms with Crippen molar-refractivity contribution >= 4 is 22.8 Å². The van der Waals surface area contributed by atoms with Gasteiger partial charge < -0.3 is 15.4 Å². The monoisotopic (exact) mass is 310 g/mol. The van der Waals surface area contributed by atoms with Gasteiger partial charge in [-0.1, -0.05) is 12.1 Å². The molecule has 0 aliphatic carbocycles. The molecule has 0 unspecified atom stereocenters. The predicted octanol–water partition coefficient (Wildman–Crippen LogP) is 1.52. The summed E-state index contributed by atoms with van der Waals surface area (Å²) in [4.78, 5) is 11.0. The second-order valence-electron chi connectivity index (χ2n) is 5.88. The van der Waals surface area contributed by atoms with Crippen LogP contribution in [-0.4, -0.2) is 38.9 Å². The van der Waals surface area contributed by atoms with Crippen molar-refractivity contribution in [3.8, 4) is 5.75 Å². The molecule has 0 atom stereocenters. The molecule has 7 nitrogen and oxygen atoms in total. The third-order valence-corrected chi connectivity index (χ3v) is 4.03. The van der Waals surface area contributed by atoms with Gasteiger partial charge in [0.15, 0.2) is 5.65 Å². The first-order chi connectivity index (χ1) is 11.1. The van der Waals surface area contributed by atoms with Gasteiger partial charge in [0, 0.05) is 7.05 Å². The lowest BCUT2D eigenvalue weighted by atomic mass is 10.1. The summed E-state index contributed by atoms with van der Waals surface area (Å²) < 4.78 is 7.67. The first-order valence-electron chi connectivity index (χ1n) is 7.53. The largest absolute Gasteiger partial charge is 0.487 e. The van der Waals surface area contributed by atoms with Gasteiger partial charge in [0.05, 0.1) is 24.7 Å². The van der Waals surface area contributed by atoms with Crippen LogP contribution in [0.1, 0.15) is 5.56 Å². The number of nitrogens with two attached hydrogens (primary N) is 1. The molecule has 3 heterocycles. The van der Waals surface area contributed by atoms with Crippen LogP contribution < -0.4 is 15.4 Å². The summed E-state index contributed by atoms with van der Waals surface area (Å²) in [6, 6.07) is 8.07. The minimum atomic E-state index is 0.142. The minimum absolute atomic E-state index is 0.142. The Bertz CT molecular complexity index is 868. The SMILES string of the molecule is Cc1cccc(OC2CN(c3nc(N)c4cnn(C)c4n3)C2)c1. The van der Waals surface area contributed by atoms with Gasteiger partial charge in [-0.3, -0.25) is 4.68 Å². The van der Waals surface area contributed by atoms with Crippen molar-refractivity contribution in [3.63, 3.8) is 0 Å². The van der Waals surface area contributed by atoms with E-state index in [1.165, 1.54) is 5.56 Å². The summed E-state index contributed by atoms with van der Waals surface area (Å²) in [6.45, 7) is 3.55. The van der Waals surface area contributed by atoms with Gasteiger partial charge in [-0.2, -0.15) is 15.1 Å². The van der Waals surface area contributed by atoms with E-state index >= 15 is 0 Å². The Morgan fingerprint density at radius 3 is 2.87 bits per heavy atom. The van der Waals surface area contributed by atoms with Crippen molar-refractivity contribution in [3.05, 3.63) is 36.0 Å².